The van der Waals surface area contributed by atoms with E-state index in [4.69, 9.17) is 4.74 Å². The molecule has 2 aliphatic rings. The summed E-state index contributed by atoms with van der Waals surface area (Å²) in [5.41, 5.74) is 2.67. The Labute approximate surface area is 198 Å². The van der Waals surface area contributed by atoms with Gasteiger partial charge in [-0.25, -0.2) is 0 Å². The second-order valence-electron chi connectivity index (χ2n) is 10.0. The summed E-state index contributed by atoms with van der Waals surface area (Å²) in [4.78, 5) is 20.1. The van der Waals surface area contributed by atoms with Gasteiger partial charge in [0, 0.05) is 55.2 Å². The minimum atomic E-state index is -0.108. The van der Waals surface area contributed by atoms with E-state index >= 15 is 0 Å². The number of rotatable bonds is 8. The molecular formula is C27H38N4O2. The molecule has 2 aromatic carbocycles. The molecule has 1 N–H and O–H groups in total. The van der Waals surface area contributed by atoms with Crippen LogP contribution in [0, 0.1) is 5.92 Å². The van der Waals surface area contributed by atoms with Crippen LogP contribution in [0.2, 0.25) is 0 Å². The number of hydrogen-bond donors (Lipinski definition) is 1. The first-order chi connectivity index (χ1) is 15.9. The van der Waals surface area contributed by atoms with Crippen molar-refractivity contribution in [1.82, 2.24) is 9.80 Å². The van der Waals surface area contributed by atoms with E-state index in [2.05, 4.69) is 60.1 Å². The van der Waals surface area contributed by atoms with Gasteiger partial charge in [0.25, 0.3) is 5.91 Å². The molecule has 0 spiro atoms. The third-order valence-corrected chi connectivity index (χ3v) is 6.80. The standard InChI is InChI=1S/C27H38N4O2/c1-20(2)19-33-26-11-5-21(6-12-26)27(32)28-22-7-9-23(10-8-22)30-16-14-25(18-30)31-15-13-24(17-31)29(3)4/h5-12,20,24-25H,13-19H2,1-4H3,(H,28,32). The fourth-order valence-corrected chi connectivity index (χ4v) is 4.72. The normalized spacial score (nSPS) is 21.2. The number of likely N-dealkylation sites (N-methyl/N-ethyl adjacent to an activating group) is 1. The fraction of sp³-hybridized carbons (Fsp3) is 0.519. The molecule has 6 heteroatoms. The van der Waals surface area contributed by atoms with Crippen LogP contribution in [0.3, 0.4) is 0 Å². The summed E-state index contributed by atoms with van der Waals surface area (Å²) in [7, 11) is 4.37. The number of hydrogen-bond acceptors (Lipinski definition) is 5. The van der Waals surface area contributed by atoms with Crippen molar-refractivity contribution in [3.63, 3.8) is 0 Å². The Morgan fingerprint density at radius 1 is 1.03 bits per heavy atom. The van der Waals surface area contributed by atoms with Gasteiger partial charge in [-0.2, -0.15) is 0 Å². The Bertz CT molecular complexity index is 911. The van der Waals surface area contributed by atoms with Crippen LogP contribution < -0.4 is 15.0 Å². The molecule has 0 saturated carbocycles. The Hall–Kier alpha value is -2.57. The zero-order chi connectivity index (χ0) is 23.4. The third kappa shape index (κ3) is 6.06. The van der Waals surface area contributed by atoms with Gasteiger partial charge in [-0.05, 0) is 81.4 Å². The van der Waals surface area contributed by atoms with Crippen LogP contribution in [-0.2, 0) is 0 Å². The molecule has 2 aliphatic heterocycles. The maximum Gasteiger partial charge on any atom is 0.255 e. The molecule has 6 nitrogen and oxygen atoms in total. The zero-order valence-electron chi connectivity index (χ0n) is 20.5. The smallest absolute Gasteiger partial charge is 0.255 e. The molecule has 33 heavy (non-hydrogen) atoms. The van der Waals surface area contributed by atoms with Gasteiger partial charge < -0.3 is 19.9 Å². The predicted octanol–water partition coefficient (Wildman–Crippen LogP) is 4.19. The predicted molar refractivity (Wildman–Crippen MR) is 135 cm³/mol. The van der Waals surface area contributed by atoms with E-state index in [1.165, 1.54) is 31.6 Å². The van der Waals surface area contributed by atoms with Crippen molar-refractivity contribution in [3.05, 3.63) is 54.1 Å². The lowest BCUT2D eigenvalue weighted by molar-refractivity contribution is 0.102. The Morgan fingerprint density at radius 2 is 1.76 bits per heavy atom. The number of likely N-dealkylation sites (tertiary alicyclic amines) is 1. The zero-order valence-corrected chi connectivity index (χ0v) is 20.5. The topological polar surface area (TPSA) is 48.1 Å². The van der Waals surface area contributed by atoms with E-state index < -0.39 is 0 Å². The van der Waals surface area contributed by atoms with Crippen molar-refractivity contribution in [2.75, 3.05) is 57.1 Å². The molecule has 2 fully saturated rings. The number of nitrogens with zero attached hydrogens (tertiary/aromatic N) is 3. The summed E-state index contributed by atoms with van der Waals surface area (Å²) < 4.78 is 5.70. The highest BCUT2D eigenvalue weighted by atomic mass is 16.5. The van der Waals surface area contributed by atoms with Crippen molar-refractivity contribution in [3.8, 4) is 5.75 Å². The number of carbonyl (C=O) groups is 1. The SMILES string of the molecule is CC(C)COc1ccc(C(=O)Nc2ccc(N3CCC(N4CCC(N(C)C)C4)C3)cc2)cc1. The lowest BCUT2D eigenvalue weighted by atomic mass is 10.2. The van der Waals surface area contributed by atoms with Crippen molar-refractivity contribution in [1.29, 1.82) is 0 Å². The Balaban J connectivity index is 1.28. The van der Waals surface area contributed by atoms with Gasteiger partial charge in [0.15, 0.2) is 0 Å². The molecule has 0 radical (unpaired) electrons. The van der Waals surface area contributed by atoms with Crippen LogP contribution in [0.25, 0.3) is 0 Å². The van der Waals surface area contributed by atoms with Crippen LogP contribution in [0.15, 0.2) is 48.5 Å². The van der Waals surface area contributed by atoms with E-state index in [0.29, 0.717) is 30.2 Å². The molecule has 2 atom stereocenters. The molecule has 0 aromatic heterocycles. The Morgan fingerprint density at radius 3 is 2.39 bits per heavy atom. The van der Waals surface area contributed by atoms with Crippen LogP contribution >= 0.6 is 0 Å². The van der Waals surface area contributed by atoms with Crippen LogP contribution in [-0.4, -0.2) is 74.7 Å². The highest BCUT2D eigenvalue weighted by Gasteiger charge is 2.33. The molecular weight excluding hydrogens is 412 g/mol. The van der Waals surface area contributed by atoms with Gasteiger partial charge in [-0.3, -0.25) is 9.69 Å². The van der Waals surface area contributed by atoms with E-state index in [1.54, 1.807) is 0 Å². The van der Waals surface area contributed by atoms with Crippen molar-refractivity contribution in [2.45, 2.75) is 38.8 Å². The summed E-state index contributed by atoms with van der Waals surface area (Å²) in [6.07, 6.45) is 2.49. The average Bonchev–Trinajstić information content (AvgIpc) is 3.48. The van der Waals surface area contributed by atoms with E-state index in [-0.39, 0.29) is 5.91 Å². The minimum absolute atomic E-state index is 0.108. The molecule has 2 aromatic rings. The number of carbonyl (C=O) groups excluding carboxylic acids is 1. The first-order valence-corrected chi connectivity index (χ1v) is 12.2. The van der Waals surface area contributed by atoms with Crippen molar-refractivity contribution in [2.24, 2.45) is 5.92 Å². The molecule has 1 amide bonds. The van der Waals surface area contributed by atoms with Gasteiger partial charge >= 0.3 is 0 Å². The lowest BCUT2D eigenvalue weighted by Gasteiger charge is -2.26. The van der Waals surface area contributed by atoms with Gasteiger partial charge in [-0.15, -0.1) is 0 Å². The summed E-state index contributed by atoms with van der Waals surface area (Å²) in [5, 5.41) is 3.00. The van der Waals surface area contributed by atoms with Crippen LogP contribution in [0.4, 0.5) is 11.4 Å². The maximum absolute atomic E-state index is 12.6. The molecule has 2 heterocycles. The summed E-state index contributed by atoms with van der Waals surface area (Å²) in [6.45, 7) is 9.46. The van der Waals surface area contributed by atoms with Gasteiger partial charge in [0.05, 0.1) is 6.61 Å². The van der Waals surface area contributed by atoms with Crippen LogP contribution in [0.5, 0.6) is 5.75 Å². The van der Waals surface area contributed by atoms with E-state index in [9.17, 15) is 4.79 Å². The summed E-state index contributed by atoms with van der Waals surface area (Å²) in [5.74, 6) is 1.15. The second kappa shape index (κ2) is 10.6. The number of benzene rings is 2. The number of ether oxygens (including phenoxy) is 1. The minimum Gasteiger partial charge on any atom is -0.493 e. The summed E-state index contributed by atoms with van der Waals surface area (Å²) in [6, 6.07) is 16.9. The molecule has 4 rings (SSSR count). The molecule has 2 saturated heterocycles. The van der Waals surface area contributed by atoms with Gasteiger partial charge in [0.1, 0.15) is 5.75 Å². The fourth-order valence-electron chi connectivity index (χ4n) is 4.72. The number of anilines is 2. The number of amides is 1. The third-order valence-electron chi connectivity index (χ3n) is 6.80. The Kier molecular flexibility index (Phi) is 7.56. The van der Waals surface area contributed by atoms with E-state index in [1.807, 2.05) is 36.4 Å². The first kappa shape index (κ1) is 23.6. The largest absolute Gasteiger partial charge is 0.493 e. The maximum atomic E-state index is 12.6. The molecule has 0 aliphatic carbocycles. The quantitative estimate of drug-likeness (QED) is 0.654. The highest BCUT2D eigenvalue weighted by Crippen LogP contribution is 2.27. The first-order valence-electron chi connectivity index (χ1n) is 12.2. The molecule has 2 unspecified atom stereocenters. The summed E-state index contributed by atoms with van der Waals surface area (Å²) >= 11 is 0. The van der Waals surface area contributed by atoms with Crippen LogP contribution in [0.1, 0.15) is 37.0 Å². The van der Waals surface area contributed by atoms with E-state index in [0.717, 1.165) is 24.5 Å². The molecule has 178 valence electrons. The molecule has 0 bridgehead atoms. The van der Waals surface area contributed by atoms with Crippen molar-refractivity contribution >= 4 is 17.3 Å². The number of nitrogens with one attached hydrogen (secondary N) is 1. The highest BCUT2D eigenvalue weighted by molar-refractivity contribution is 6.04. The van der Waals surface area contributed by atoms with Crippen molar-refractivity contribution < 1.29 is 9.53 Å². The lowest BCUT2D eigenvalue weighted by Crippen LogP contribution is -2.38. The second-order valence-corrected chi connectivity index (χ2v) is 10.0. The van der Waals surface area contributed by atoms with Gasteiger partial charge in [0.2, 0.25) is 0 Å². The monoisotopic (exact) mass is 450 g/mol. The van der Waals surface area contributed by atoms with Gasteiger partial charge in [-0.1, -0.05) is 13.8 Å². The average molecular weight is 451 g/mol.